The van der Waals surface area contributed by atoms with E-state index < -0.39 is 0 Å². The number of carbonyl (C=O) groups excluding carboxylic acids is 1. The summed E-state index contributed by atoms with van der Waals surface area (Å²) in [4.78, 5) is 19.2. The zero-order valence-electron chi connectivity index (χ0n) is 15.0. The Balaban J connectivity index is 1.60. The first-order valence-electron chi connectivity index (χ1n) is 9.72. The van der Waals surface area contributed by atoms with Crippen molar-refractivity contribution in [3.63, 3.8) is 0 Å². The van der Waals surface area contributed by atoms with Crippen LogP contribution in [0.3, 0.4) is 0 Å². The Labute approximate surface area is 150 Å². The van der Waals surface area contributed by atoms with E-state index in [0.29, 0.717) is 6.04 Å². The van der Waals surface area contributed by atoms with Gasteiger partial charge in [-0.15, -0.1) is 0 Å². The first kappa shape index (κ1) is 17.8. The van der Waals surface area contributed by atoms with Gasteiger partial charge >= 0.3 is 0 Å². The fourth-order valence-corrected chi connectivity index (χ4v) is 3.64. The SMILES string of the molecule is O=C(CN=C(Nc1ccccc1)N1CCCCC1)NC1CCCCC1. The number of anilines is 1. The highest BCUT2D eigenvalue weighted by molar-refractivity contribution is 5.95. The summed E-state index contributed by atoms with van der Waals surface area (Å²) >= 11 is 0. The molecule has 2 aliphatic rings. The van der Waals surface area contributed by atoms with Crippen molar-refractivity contribution < 1.29 is 4.79 Å². The predicted octanol–water partition coefficient (Wildman–Crippen LogP) is 3.39. The molecule has 1 aromatic carbocycles. The van der Waals surface area contributed by atoms with E-state index in [-0.39, 0.29) is 12.5 Å². The summed E-state index contributed by atoms with van der Waals surface area (Å²) in [7, 11) is 0. The molecule has 136 valence electrons. The Kier molecular flexibility index (Phi) is 6.71. The molecule has 0 bridgehead atoms. The lowest BCUT2D eigenvalue weighted by atomic mass is 9.95. The van der Waals surface area contributed by atoms with Crippen molar-refractivity contribution in [3.05, 3.63) is 30.3 Å². The maximum Gasteiger partial charge on any atom is 0.242 e. The van der Waals surface area contributed by atoms with Crippen molar-refractivity contribution >= 4 is 17.6 Å². The van der Waals surface area contributed by atoms with E-state index in [1.54, 1.807) is 0 Å². The van der Waals surface area contributed by atoms with Crippen LogP contribution in [-0.4, -0.2) is 42.4 Å². The summed E-state index contributed by atoms with van der Waals surface area (Å²) in [6.07, 6.45) is 9.61. The minimum Gasteiger partial charge on any atom is -0.352 e. The fraction of sp³-hybridized carbons (Fsp3) is 0.600. The molecule has 1 saturated heterocycles. The number of hydrogen-bond donors (Lipinski definition) is 2. The first-order chi connectivity index (χ1) is 12.3. The minimum absolute atomic E-state index is 0.0382. The van der Waals surface area contributed by atoms with Crippen molar-refractivity contribution in [1.82, 2.24) is 10.2 Å². The lowest BCUT2D eigenvalue weighted by molar-refractivity contribution is -0.120. The number of amides is 1. The van der Waals surface area contributed by atoms with E-state index in [9.17, 15) is 4.79 Å². The molecule has 3 rings (SSSR count). The van der Waals surface area contributed by atoms with E-state index in [1.165, 1.54) is 38.5 Å². The molecule has 0 atom stereocenters. The van der Waals surface area contributed by atoms with Gasteiger partial charge in [0, 0.05) is 24.8 Å². The average Bonchev–Trinajstić information content (AvgIpc) is 2.67. The number of piperidine rings is 1. The maximum atomic E-state index is 12.3. The van der Waals surface area contributed by atoms with Crippen LogP contribution in [0.5, 0.6) is 0 Å². The number of likely N-dealkylation sites (tertiary alicyclic amines) is 1. The third-order valence-corrected chi connectivity index (χ3v) is 5.03. The molecule has 5 nitrogen and oxygen atoms in total. The standard InChI is InChI=1S/C20H30N4O/c25-19(22-17-10-4-1-5-11-17)16-21-20(24-14-8-3-9-15-24)23-18-12-6-2-7-13-18/h2,6-7,12-13,17H,1,3-5,8-11,14-16H2,(H,21,23)(H,22,25). The molecule has 2 N–H and O–H groups in total. The monoisotopic (exact) mass is 342 g/mol. The molecule has 0 aromatic heterocycles. The van der Waals surface area contributed by atoms with Gasteiger partial charge < -0.3 is 15.5 Å². The molecule has 1 aromatic rings. The highest BCUT2D eigenvalue weighted by Crippen LogP contribution is 2.17. The van der Waals surface area contributed by atoms with E-state index in [4.69, 9.17) is 0 Å². The van der Waals surface area contributed by atoms with Crippen LogP contribution in [0.4, 0.5) is 5.69 Å². The molecule has 2 fully saturated rings. The average molecular weight is 342 g/mol. The van der Waals surface area contributed by atoms with Crippen molar-refractivity contribution in [1.29, 1.82) is 0 Å². The molecule has 25 heavy (non-hydrogen) atoms. The van der Waals surface area contributed by atoms with Crippen LogP contribution in [0.15, 0.2) is 35.3 Å². The van der Waals surface area contributed by atoms with Crippen LogP contribution >= 0.6 is 0 Å². The van der Waals surface area contributed by atoms with Gasteiger partial charge in [-0.05, 0) is 44.2 Å². The predicted molar refractivity (Wildman–Crippen MR) is 103 cm³/mol. The molecular formula is C20H30N4O. The Morgan fingerprint density at radius 2 is 1.68 bits per heavy atom. The fourth-order valence-electron chi connectivity index (χ4n) is 3.64. The second kappa shape index (κ2) is 9.44. The number of benzene rings is 1. The number of guanidine groups is 1. The van der Waals surface area contributed by atoms with Crippen LogP contribution in [0.1, 0.15) is 51.4 Å². The van der Waals surface area contributed by atoms with Crippen LogP contribution in [-0.2, 0) is 4.79 Å². The topological polar surface area (TPSA) is 56.7 Å². The lowest BCUT2D eigenvalue weighted by Crippen LogP contribution is -2.42. The van der Waals surface area contributed by atoms with Crippen LogP contribution < -0.4 is 10.6 Å². The van der Waals surface area contributed by atoms with E-state index in [1.807, 2.05) is 30.3 Å². The Hall–Kier alpha value is -2.04. The quantitative estimate of drug-likeness (QED) is 0.651. The number of nitrogens with zero attached hydrogens (tertiary/aromatic N) is 2. The third-order valence-electron chi connectivity index (χ3n) is 5.03. The van der Waals surface area contributed by atoms with Crippen LogP contribution in [0.2, 0.25) is 0 Å². The molecule has 1 aliphatic heterocycles. The summed E-state index contributed by atoms with van der Waals surface area (Å²) < 4.78 is 0. The van der Waals surface area contributed by atoms with Gasteiger partial charge in [-0.3, -0.25) is 4.79 Å². The van der Waals surface area contributed by atoms with Gasteiger partial charge in [0.25, 0.3) is 0 Å². The van der Waals surface area contributed by atoms with Crippen LogP contribution in [0, 0.1) is 0 Å². The molecule has 5 heteroatoms. The second-order valence-corrected chi connectivity index (χ2v) is 7.08. The smallest absolute Gasteiger partial charge is 0.242 e. The van der Waals surface area contributed by atoms with Gasteiger partial charge in [0.05, 0.1) is 0 Å². The largest absolute Gasteiger partial charge is 0.352 e. The van der Waals surface area contributed by atoms with Gasteiger partial charge in [0.1, 0.15) is 6.54 Å². The number of carbonyl (C=O) groups is 1. The number of para-hydroxylation sites is 1. The Bertz CT molecular complexity index is 560. The second-order valence-electron chi connectivity index (χ2n) is 7.08. The highest BCUT2D eigenvalue weighted by atomic mass is 16.1. The van der Waals surface area contributed by atoms with Crippen molar-refractivity contribution in [2.45, 2.75) is 57.4 Å². The summed E-state index contributed by atoms with van der Waals surface area (Å²) in [5.74, 6) is 0.862. The molecule has 0 radical (unpaired) electrons. The molecular weight excluding hydrogens is 312 g/mol. The van der Waals surface area contributed by atoms with E-state index in [0.717, 1.165) is 37.6 Å². The normalized spacial score (nSPS) is 19.5. The molecule has 1 saturated carbocycles. The van der Waals surface area contributed by atoms with Crippen molar-refractivity contribution in [2.24, 2.45) is 4.99 Å². The lowest BCUT2D eigenvalue weighted by Gasteiger charge is -2.30. The third kappa shape index (κ3) is 5.76. The van der Waals surface area contributed by atoms with Crippen molar-refractivity contribution in [3.8, 4) is 0 Å². The van der Waals surface area contributed by atoms with Gasteiger partial charge in [-0.25, -0.2) is 4.99 Å². The number of rotatable bonds is 4. The van der Waals surface area contributed by atoms with Gasteiger partial charge in [-0.1, -0.05) is 37.5 Å². The highest BCUT2D eigenvalue weighted by Gasteiger charge is 2.17. The summed E-state index contributed by atoms with van der Waals surface area (Å²) in [6.45, 7) is 2.20. The van der Waals surface area contributed by atoms with Gasteiger partial charge in [0.15, 0.2) is 5.96 Å². The molecule has 0 unspecified atom stereocenters. The first-order valence-corrected chi connectivity index (χ1v) is 9.72. The molecule has 1 aliphatic carbocycles. The Morgan fingerprint density at radius 1 is 1.00 bits per heavy atom. The number of aliphatic imine (C=N–C) groups is 1. The number of hydrogen-bond acceptors (Lipinski definition) is 2. The zero-order valence-corrected chi connectivity index (χ0v) is 15.0. The summed E-state index contributed by atoms with van der Waals surface area (Å²) in [6, 6.07) is 10.4. The molecule has 1 heterocycles. The molecule has 1 amide bonds. The minimum atomic E-state index is 0.0382. The van der Waals surface area contributed by atoms with Gasteiger partial charge in [0.2, 0.25) is 5.91 Å². The summed E-state index contributed by atoms with van der Waals surface area (Å²) in [5.41, 5.74) is 1.01. The number of nitrogens with one attached hydrogen (secondary N) is 2. The van der Waals surface area contributed by atoms with Crippen molar-refractivity contribution in [2.75, 3.05) is 25.0 Å². The summed E-state index contributed by atoms with van der Waals surface area (Å²) in [5, 5.41) is 6.55. The van der Waals surface area contributed by atoms with E-state index in [2.05, 4.69) is 20.5 Å². The molecule has 0 spiro atoms. The Morgan fingerprint density at radius 3 is 2.40 bits per heavy atom. The van der Waals surface area contributed by atoms with Crippen LogP contribution in [0.25, 0.3) is 0 Å². The van der Waals surface area contributed by atoms with Gasteiger partial charge in [-0.2, -0.15) is 0 Å². The van der Waals surface area contributed by atoms with E-state index >= 15 is 0 Å². The maximum absolute atomic E-state index is 12.3. The zero-order chi connectivity index (χ0) is 17.3.